The van der Waals surface area contributed by atoms with Gasteiger partial charge in [-0.1, -0.05) is 6.07 Å². The summed E-state index contributed by atoms with van der Waals surface area (Å²) in [7, 11) is 1.58. The number of nitrogens with one attached hydrogen (secondary N) is 1. The first-order chi connectivity index (χ1) is 9.22. The van der Waals surface area contributed by atoms with Gasteiger partial charge in [0.05, 0.1) is 12.1 Å². The molecule has 1 heterocycles. The molecule has 0 aliphatic rings. The lowest BCUT2D eigenvalue weighted by atomic mass is 10.3. The van der Waals surface area contributed by atoms with Crippen molar-refractivity contribution < 1.29 is 9.53 Å². The third-order valence-electron chi connectivity index (χ3n) is 2.47. The van der Waals surface area contributed by atoms with Crippen LogP contribution in [0.4, 0.5) is 5.69 Å². The van der Waals surface area contributed by atoms with Gasteiger partial charge in [0.1, 0.15) is 11.4 Å². The van der Waals surface area contributed by atoms with Gasteiger partial charge in [0, 0.05) is 23.6 Å². The van der Waals surface area contributed by atoms with Crippen molar-refractivity contribution >= 4 is 22.9 Å². The van der Waals surface area contributed by atoms with Crippen LogP contribution >= 0.6 is 11.3 Å². The molecule has 0 aliphatic carbocycles. The van der Waals surface area contributed by atoms with Crippen LogP contribution in [0.1, 0.15) is 15.5 Å². The molecule has 0 saturated carbocycles. The van der Waals surface area contributed by atoms with E-state index in [9.17, 15) is 4.79 Å². The predicted molar refractivity (Wildman–Crippen MR) is 75.8 cm³/mol. The number of carbonyl (C=O) groups is 1. The minimum Gasteiger partial charge on any atom is -0.497 e. The number of thiazole rings is 1. The van der Waals surface area contributed by atoms with Gasteiger partial charge in [-0.15, -0.1) is 11.3 Å². The van der Waals surface area contributed by atoms with E-state index in [1.165, 1.54) is 11.3 Å². The summed E-state index contributed by atoms with van der Waals surface area (Å²) in [6.45, 7) is 0.532. The molecule has 100 valence electrons. The maximum atomic E-state index is 12.0. The van der Waals surface area contributed by atoms with Crippen LogP contribution < -0.4 is 15.8 Å². The molecule has 5 nitrogen and oxygen atoms in total. The quantitative estimate of drug-likeness (QED) is 0.875. The summed E-state index contributed by atoms with van der Waals surface area (Å²) in [5.41, 5.74) is 6.55. The second kappa shape index (κ2) is 6.31. The summed E-state index contributed by atoms with van der Waals surface area (Å²) in [5, 5.41) is 5.39. The summed E-state index contributed by atoms with van der Waals surface area (Å²) >= 11 is 1.44. The first-order valence-electron chi connectivity index (χ1n) is 5.83. The predicted octanol–water partition coefficient (Wildman–Crippen LogP) is 1.91. The summed E-state index contributed by atoms with van der Waals surface area (Å²) in [6, 6.07) is 7.19. The molecule has 0 aliphatic heterocycles. The summed E-state index contributed by atoms with van der Waals surface area (Å²) in [5.74, 6) is 0.465. The van der Waals surface area contributed by atoms with E-state index in [1.807, 2.05) is 12.1 Å². The Hall–Kier alpha value is -1.92. The van der Waals surface area contributed by atoms with Crippen LogP contribution in [0.15, 0.2) is 29.6 Å². The zero-order valence-electron chi connectivity index (χ0n) is 10.6. The highest BCUT2D eigenvalue weighted by atomic mass is 32.1. The summed E-state index contributed by atoms with van der Waals surface area (Å²) in [6.07, 6.45) is 0.692. The zero-order chi connectivity index (χ0) is 13.7. The highest BCUT2D eigenvalue weighted by Gasteiger charge is 2.11. The Kier molecular flexibility index (Phi) is 4.48. The number of amides is 1. The molecule has 0 saturated heterocycles. The van der Waals surface area contributed by atoms with Crippen LogP contribution in [-0.4, -0.2) is 24.5 Å². The largest absolute Gasteiger partial charge is 0.497 e. The van der Waals surface area contributed by atoms with Crippen molar-refractivity contribution in [2.24, 2.45) is 5.73 Å². The molecule has 1 aromatic carbocycles. The van der Waals surface area contributed by atoms with Gasteiger partial charge in [-0.3, -0.25) is 4.79 Å². The number of rotatable bonds is 5. The molecular formula is C13H15N3O2S. The Bertz CT molecular complexity index is 569. The standard InChI is InChI=1S/C13H15N3O2S/c1-18-10-4-2-3-9(7-10)15-13(17)11-8-19-12(16-11)5-6-14/h2-4,7-8H,5-6,14H2,1H3,(H,15,17). The van der Waals surface area contributed by atoms with Gasteiger partial charge in [0.2, 0.25) is 0 Å². The van der Waals surface area contributed by atoms with Crippen LogP contribution in [0.25, 0.3) is 0 Å². The van der Waals surface area contributed by atoms with Gasteiger partial charge in [-0.05, 0) is 18.7 Å². The minimum absolute atomic E-state index is 0.229. The highest BCUT2D eigenvalue weighted by molar-refractivity contribution is 7.09. The third-order valence-corrected chi connectivity index (χ3v) is 3.38. The van der Waals surface area contributed by atoms with E-state index >= 15 is 0 Å². The number of hydrogen-bond donors (Lipinski definition) is 2. The number of ether oxygens (including phenoxy) is 1. The number of methoxy groups -OCH3 is 1. The summed E-state index contributed by atoms with van der Waals surface area (Å²) in [4.78, 5) is 16.2. The molecule has 19 heavy (non-hydrogen) atoms. The van der Waals surface area contributed by atoms with Gasteiger partial charge in [0.25, 0.3) is 5.91 Å². The molecule has 0 fully saturated rings. The van der Waals surface area contributed by atoms with Crippen molar-refractivity contribution in [2.45, 2.75) is 6.42 Å². The lowest BCUT2D eigenvalue weighted by molar-refractivity contribution is 0.102. The Morgan fingerprint density at radius 1 is 1.53 bits per heavy atom. The molecule has 0 spiro atoms. The van der Waals surface area contributed by atoms with Gasteiger partial charge in [-0.2, -0.15) is 0 Å². The van der Waals surface area contributed by atoms with Crippen LogP contribution in [0, 0.1) is 0 Å². The number of anilines is 1. The van der Waals surface area contributed by atoms with E-state index in [2.05, 4.69) is 10.3 Å². The fourth-order valence-electron chi connectivity index (χ4n) is 1.55. The molecule has 0 bridgehead atoms. The molecule has 0 atom stereocenters. The molecule has 0 radical (unpaired) electrons. The van der Waals surface area contributed by atoms with Gasteiger partial charge in [-0.25, -0.2) is 4.98 Å². The van der Waals surface area contributed by atoms with E-state index in [0.717, 1.165) is 5.01 Å². The van der Waals surface area contributed by atoms with Gasteiger partial charge >= 0.3 is 0 Å². The molecule has 2 aromatic rings. The number of aromatic nitrogens is 1. The topological polar surface area (TPSA) is 77.2 Å². The van der Waals surface area contributed by atoms with Crippen molar-refractivity contribution in [3.05, 3.63) is 40.3 Å². The fourth-order valence-corrected chi connectivity index (χ4v) is 2.34. The maximum absolute atomic E-state index is 12.0. The van der Waals surface area contributed by atoms with Crippen LogP contribution in [0.2, 0.25) is 0 Å². The lowest BCUT2D eigenvalue weighted by Crippen LogP contribution is -2.12. The van der Waals surface area contributed by atoms with E-state index in [1.54, 1.807) is 24.6 Å². The van der Waals surface area contributed by atoms with Crippen LogP contribution in [0.5, 0.6) is 5.75 Å². The second-order valence-electron chi connectivity index (χ2n) is 3.85. The Balaban J connectivity index is 2.06. The van der Waals surface area contributed by atoms with E-state index in [-0.39, 0.29) is 5.91 Å². The van der Waals surface area contributed by atoms with Crippen LogP contribution in [-0.2, 0) is 6.42 Å². The smallest absolute Gasteiger partial charge is 0.275 e. The average Bonchev–Trinajstić information content (AvgIpc) is 2.88. The average molecular weight is 277 g/mol. The van der Waals surface area contributed by atoms with Gasteiger partial charge in [0.15, 0.2) is 0 Å². The third kappa shape index (κ3) is 3.52. The maximum Gasteiger partial charge on any atom is 0.275 e. The van der Waals surface area contributed by atoms with E-state index < -0.39 is 0 Å². The zero-order valence-corrected chi connectivity index (χ0v) is 11.4. The molecule has 2 rings (SSSR count). The molecule has 3 N–H and O–H groups in total. The number of hydrogen-bond acceptors (Lipinski definition) is 5. The second-order valence-corrected chi connectivity index (χ2v) is 4.79. The molecule has 1 aromatic heterocycles. The van der Waals surface area contributed by atoms with Gasteiger partial charge < -0.3 is 15.8 Å². The number of benzene rings is 1. The molecular weight excluding hydrogens is 262 g/mol. The molecule has 1 amide bonds. The Morgan fingerprint density at radius 2 is 2.37 bits per heavy atom. The van der Waals surface area contributed by atoms with Crippen molar-refractivity contribution in [1.82, 2.24) is 4.98 Å². The number of carbonyl (C=O) groups excluding carboxylic acids is 1. The van der Waals surface area contributed by atoms with E-state index in [0.29, 0.717) is 30.1 Å². The number of nitrogens with two attached hydrogens (primary N) is 1. The molecule has 6 heteroatoms. The first-order valence-corrected chi connectivity index (χ1v) is 6.71. The monoisotopic (exact) mass is 277 g/mol. The fraction of sp³-hybridized carbons (Fsp3) is 0.231. The minimum atomic E-state index is -0.229. The van der Waals surface area contributed by atoms with Crippen molar-refractivity contribution in [2.75, 3.05) is 19.0 Å². The lowest BCUT2D eigenvalue weighted by Gasteiger charge is -2.05. The van der Waals surface area contributed by atoms with E-state index in [4.69, 9.17) is 10.5 Å². The Morgan fingerprint density at radius 3 is 3.11 bits per heavy atom. The van der Waals surface area contributed by atoms with Crippen molar-refractivity contribution in [1.29, 1.82) is 0 Å². The summed E-state index contributed by atoms with van der Waals surface area (Å²) < 4.78 is 5.10. The first kappa shape index (κ1) is 13.5. The Labute approximate surface area is 115 Å². The molecule has 0 unspecified atom stereocenters. The highest BCUT2D eigenvalue weighted by Crippen LogP contribution is 2.18. The normalized spacial score (nSPS) is 10.2. The van der Waals surface area contributed by atoms with Crippen molar-refractivity contribution in [3.8, 4) is 5.75 Å². The number of nitrogens with zero attached hydrogens (tertiary/aromatic N) is 1. The SMILES string of the molecule is COc1cccc(NC(=O)c2csc(CCN)n2)c1. The van der Waals surface area contributed by atoms with Crippen LogP contribution in [0.3, 0.4) is 0 Å². The van der Waals surface area contributed by atoms with Crippen molar-refractivity contribution in [3.63, 3.8) is 0 Å².